The predicted molar refractivity (Wildman–Crippen MR) is 64.9 cm³/mol. The quantitative estimate of drug-likeness (QED) is 0.748. The molecule has 5 heteroatoms. The zero-order chi connectivity index (χ0) is 13.4. The zero-order valence-corrected chi connectivity index (χ0v) is 11.1. The first-order chi connectivity index (χ1) is 7.95. The van der Waals surface area contributed by atoms with Gasteiger partial charge in [0.1, 0.15) is 6.04 Å². The molecule has 1 N–H and O–H groups in total. The van der Waals surface area contributed by atoms with Crippen LogP contribution in [0.4, 0.5) is 4.79 Å². The molecule has 0 radical (unpaired) electrons. The average Bonchev–Trinajstić information content (AvgIpc) is 2.23. The van der Waals surface area contributed by atoms with Crippen molar-refractivity contribution in [3.05, 3.63) is 0 Å². The number of ether oxygens (including phenoxy) is 1. The lowest BCUT2D eigenvalue weighted by Crippen LogP contribution is -2.49. The van der Waals surface area contributed by atoms with E-state index in [1.54, 1.807) is 20.8 Å². The molecule has 0 saturated heterocycles. The second-order valence-corrected chi connectivity index (χ2v) is 4.20. The van der Waals surface area contributed by atoms with E-state index in [-0.39, 0.29) is 12.6 Å². The van der Waals surface area contributed by atoms with Crippen LogP contribution in [0, 0.1) is 0 Å². The molecule has 0 aliphatic heterocycles. The monoisotopic (exact) mass is 245 g/mol. The van der Waals surface area contributed by atoms with Crippen molar-refractivity contribution in [1.29, 1.82) is 0 Å². The van der Waals surface area contributed by atoms with Gasteiger partial charge >= 0.3 is 12.1 Å². The van der Waals surface area contributed by atoms with Crippen LogP contribution in [0.2, 0.25) is 0 Å². The molecule has 17 heavy (non-hydrogen) atoms. The normalized spacial score (nSPS) is 12.3. The third kappa shape index (κ3) is 5.06. The van der Waals surface area contributed by atoms with Gasteiger partial charge < -0.3 is 9.84 Å². The number of carboxylic acid groups (broad SMARTS) is 1. The first-order valence-corrected chi connectivity index (χ1v) is 6.13. The van der Waals surface area contributed by atoms with Crippen molar-refractivity contribution in [1.82, 2.24) is 4.90 Å². The highest BCUT2D eigenvalue weighted by molar-refractivity contribution is 5.80. The summed E-state index contributed by atoms with van der Waals surface area (Å²) in [4.78, 5) is 24.3. The SMILES string of the molecule is CCCCC(C(=O)O)N(C(=O)OCC)C(C)C. The van der Waals surface area contributed by atoms with Gasteiger partial charge in [-0.3, -0.25) is 4.90 Å². The number of carboxylic acids is 1. The number of hydrogen-bond acceptors (Lipinski definition) is 3. The number of amides is 1. The van der Waals surface area contributed by atoms with Crippen molar-refractivity contribution < 1.29 is 19.4 Å². The van der Waals surface area contributed by atoms with Crippen molar-refractivity contribution in [2.75, 3.05) is 6.61 Å². The Labute approximate surface area is 103 Å². The minimum atomic E-state index is -0.972. The summed E-state index contributed by atoms with van der Waals surface area (Å²) < 4.78 is 4.90. The smallest absolute Gasteiger partial charge is 0.410 e. The summed E-state index contributed by atoms with van der Waals surface area (Å²) in [6.45, 7) is 7.53. The molecular formula is C12H23NO4. The van der Waals surface area contributed by atoms with Crippen molar-refractivity contribution in [3.63, 3.8) is 0 Å². The molecule has 0 aromatic heterocycles. The van der Waals surface area contributed by atoms with E-state index in [1.165, 1.54) is 4.90 Å². The maximum absolute atomic E-state index is 11.7. The Morgan fingerprint density at radius 3 is 2.24 bits per heavy atom. The van der Waals surface area contributed by atoms with E-state index < -0.39 is 18.1 Å². The number of carbonyl (C=O) groups is 2. The molecule has 100 valence electrons. The van der Waals surface area contributed by atoms with Gasteiger partial charge in [-0.2, -0.15) is 0 Å². The molecule has 5 nitrogen and oxygen atoms in total. The number of rotatable bonds is 7. The van der Waals surface area contributed by atoms with E-state index in [2.05, 4.69) is 0 Å². The molecular weight excluding hydrogens is 222 g/mol. The van der Waals surface area contributed by atoms with Gasteiger partial charge in [-0.05, 0) is 27.2 Å². The highest BCUT2D eigenvalue weighted by Gasteiger charge is 2.32. The van der Waals surface area contributed by atoms with Crippen LogP contribution in [-0.4, -0.2) is 40.8 Å². The summed E-state index contributed by atoms with van der Waals surface area (Å²) >= 11 is 0. The third-order valence-corrected chi connectivity index (χ3v) is 2.49. The van der Waals surface area contributed by atoms with Gasteiger partial charge in [-0.15, -0.1) is 0 Å². The molecule has 0 aromatic carbocycles. The van der Waals surface area contributed by atoms with Gasteiger partial charge in [0.15, 0.2) is 0 Å². The number of unbranched alkanes of at least 4 members (excludes halogenated alkanes) is 1. The molecule has 0 aliphatic carbocycles. The van der Waals surface area contributed by atoms with Crippen molar-refractivity contribution in [3.8, 4) is 0 Å². The number of carbonyl (C=O) groups excluding carboxylic acids is 1. The highest BCUT2D eigenvalue weighted by Crippen LogP contribution is 2.14. The second kappa shape index (κ2) is 7.92. The third-order valence-electron chi connectivity index (χ3n) is 2.49. The Balaban J connectivity index is 4.82. The van der Waals surface area contributed by atoms with Gasteiger partial charge in [0.2, 0.25) is 0 Å². The predicted octanol–water partition coefficient (Wildman–Crippen LogP) is 2.50. The molecule has 0 rings (SSSR count). The molecule has 0 bridgehead atoms. The van der Waals surface area contributed by atoms with Crippen LogP contribution in [0.25, 0.3) is 0 Å². The van der Waals surface area contributed by atoms with Crippen LogP contribution in [0.5, 0.6) is 0 Å². The number of aliphatic carboxylic acids is 1. The minimum Gasteiger partial charge on any atom is -0.480 e. The molecule has 0 spiro atoms. The summed E-state index contributed by atoms with van der Waals surface area (Å²) in [5, 5.41) is 9.19. The fourth-order valence-corrected chi connectivity index (χ4v) is 1.67. The van der Waals surface area contributed by atoms with Crippen LogP contribution < -0.4 is 0 Å². The van der Waals surface area contributed by atoms with Crippen molar-refractivity contribution in [2.24, 2.45) is 0 Å². The van der Waals surface area contributed by atoms with Gasteiger partial charge in [-0.25, -0.2) is 9.59 Å². The summed E-state index contributed by atoms with van der Waals surface area (Å²) in [5.41, 5.74) is 0. The van der Waals surface area contributed by atoms with Crippen LogP contribution in [0.1, 0.15) is 47.0 Å². The lowest BCUT2D eigenvalue weighted by Gasteiger charge is -2.31. The first-order valence-electron chi connectivity index (χ1n) is 6.13. The Morgan fingerprint density at radius 1 is 1.29 bits per heavy atom. The Morgan fingerprint density at radius 2 is 1.88 bits per heavy atom. The van der Waals surface area contributed by atoms with Crippen LogP contribution in [-0.2, 0) is 9.53 Å². The van der Waals surface area contributed by atoms with Crippen molar-refractivity contribution >= 4 is 12.1 Å². The lowest BCUT2D eigenvalue weighted by atomic mass is 10.1. The molecule has 1 amide bonds. The Bertz CT molecular complexity index is 253. The molecule has 1 atom stereocenters. The van der Waals surface area contributed by atoms with Crippen LogP contribution in [0.3, 0.4) is 0 Å². The first kappa shape index (κ1) is 15.7. The topological polar surface area (TPSA) is 66.8 Å². The number of hydrogen-bond donors (Lipinski definition) is 1. The summed E-state index contributed by atoms with van der Waals surface area (Å²) in [5.74, 6) is -0.972. The maximum atomic E-state index is 11.7. The van der Waals surface area contributed by atoms with E-state index in [0.29, 0.717) is 6.42 Å². The summed E-state index contributed by atoms with van der Waals surface area (Å²) in [6, 6.07) is -0.985. The van der Waals surface area contributed by atoms with E-state index in [9.17, 15) is 14.7 Å². The molecule has 0 heterocycles. The fourth-order valence-electron chi connectivity index (χ4n) is 1.67. The van der Waals surface area contributed by atoms with Crippen LogP contribution in [0.15, 0.2) is 0 Å². The van der Waals surface area contributed by atoms with Gasteiger partial charge in [0, 0.05) is 6.04 Å². The summed E-state index contributed by atoms with van der Waals surface area (Å²) in [6.07, 6.45) is 1.59. The van der Waals surface area contributed by atoms with Gasteiger partial charge in [-0.1, -0.05) is 19.8 Å². The molecule has 0 fully saturated rings. The molecule has 0 saturated carbocycles. The summed E-state index contributed by atoms with van der Waals surface area (Å²) in [7, 11) is 0. The molecule has 0 aromatic rings. The standard InChI is InChI=1S/C12H23NO4/c1-5-7-8-10(11(14)15)13(9(3)4)12(16)17-6-2/h9-10H,5-8H2,1-4H3,(H,14,15). The Kier molecular flexibility index (Phi) is 7.34. The van der Waals surface area contributed by atoms with E-state index in [1.807, 2.05) is 6.92 Å². The van der Waals surface area contributed by atoms with Crippen molar-refractivity contribution in [2.45, 2.75) is 59.0 Å². The zero-order valence-electron chi connectivity index (χ0n) is 11.1. The lowest BCUT2D eigenvalue weighted by molar-refractivity contribution is -0.143. The fraction of sp³-hybridized carbons (Fsp3) is 0.833. The Hall–Kier alpha value is -1.26. The van der Waals surface area contributed by atoms with E-state index in [4.69, 9.17) is 4.74 Å². The maximum Gasteiger partial charge on any atom is 0.410 e. The molecule has 0 aliphatic rings. The van der Waals surface area contributed by atoms with E-state index >= 15 is 0 Å². The average molecular weight is 245 g/mol. The minimum absolute atomic E-state index is 0.188. The van der Waals surface area contributed by atoms with E-state index in [0.717, 1.165) is 12.8 Å². The highest BCUT2D eigenvalue weighted by atomic mass is 16.6. The van der Waals surface area contributed by atoms with Crippen LogP contribution >= 0.6 is 0 Å². The molecule has 1 unspecified atom stereocenters. The van der Waals surface area contributed by atoms with Gasteiger partial charge in [0.25, 0.3) is 0 Å². The van der Waals surface area contributed by atoms with Gasteiger partial charge in [0.05, 0.1) is 6.61 Å². The largest absolute Gasteiger partial charge is 0.480 e. The number of nitrogens with zero attached hydrogens (tertiary/aromatic N) is 1. The second-order valence-electron chi connectivity index (χ2n) is 4.20.